The molecule has 1 N–H and O–H groups in total. The Balaban J connectivity index is 2.30. The van der Waals surface area contributed by atoms with Crippen molar-refractivity contribution >= 4 is 17.3 Å². The molecule has 0 spiro atoms. The number of carboxylic acids is 1. The molecule has 0 aliphatic heterocycles. The highest BCUT2D eigenvalue weighted by atomic mass is 16.4. The highest BCUT2D eigenvalue weighted by molar-refractivity contribution is 5.90. The molecule has 2 rings (SSSR count). The van der Waals surface area contributed by atoms with Crippen molar-refractivity contribution in [1.82, 2.24) is 0 Å². The molecule has 0 aromatic heterocycles. The van der Waals surface area contributed by atoms with Gasteiger partial charge in [0.2, 0.25) is 0 Å². The minimum absolute atomic E-state index is 0.350. The van der Waals surface area contributed by atoms with E-state index in [1.165, 1.54) is 5.56 Å². The smallest absolute Gasteiger partial charge is 0.335 e. The Morgan fingerprint density at radius 2 is 1.70 bits per heavy atom. The van der Waals surface area contributed by atoms with Crippen molar-refractivity contribution in [3.63, 3.8) is 0 Å². The number of anilines is 2. The van der Waals surface area contributed by atoms with Crippen LogP contribution >= 0.6 is 0 Å². The topological polar surface area (TPSA) is 40.5 Å². The first-order valence-electron chi connectivity index (χ1n) is 6.69. The SMILES string of the molecule is CCc1ccc(N(C)c2ccc(C(=O)O)c(C)c2)cc1. The molecule has 0 heterocycles. The number of benzene rings is 2. The molecule has 0 saturated heterocycles. The van der Waals surface area contributed by atoms with E-state index in [2.05, 4.69) is 36.1 Å². The summed E-state index contributed by atoms with van der Waals surface area (Å²) in [6, 6.07) is 13.8. The van der Waals surface area contributed by atoms with Gasteiger partial charge in [-0.2, -0.15) is 0 Å². The van der Waals surface area contributed by atoms with Crippen LogP contribution in [0.4, 0.5) is 11.4 Å². The van der Waals surface area contributed by atoms with Crippen LogP contribution < -0.4 is 4.90 Å². The van der Waals surface area contributed by atoms with Crippen LogP contribution in [0.25, 0.3) is 0 Å². The van der Waals surface area contributed by atoms with Crippen LogP contribution in [0.1, 0.15) is 28.4 Å². The number of carboxylic acid groups (broad SMARTS) is 1. The highest BCUT2D eigenvalue weighted by Crippen LogP contribution is 2.26. The third-order valence-electron chi connectivity index (χ3n) is 3.56. The summed E-state index contributed by atoms with van der Waals surface area (Å²) in [5, 5.41) is 9.06. The van der Waals surface area contributed by atoms with Gasteiger partial charge in [0, 0.05) is 18.4 Å². The zero-order valence-electron chi connectivity index (χ0n) is 12.1. The fourth-order valence-corrected chi connectivity index (χ4v) is 2.20. The number of aromatic carboxylic acids is 1. The van der Waals surface area contributed by atoms with E-state index >= 15 is 0 Å². The molecule has 0 radical (unpaired) electrons. The monoisotopic (exact) mass is 269 g/mol. The number of carbonyl (C=O) groups is 1. The first kappa shape index (κ1) is 14.1. The fourth-order valence-electron chi connectivity index (χ4n) is 2.20. The van der Waals surface area contributed by atoms with Gasteiger partial charge in [0.15, 0.2) is 0 Å². The standard InChI is InChI=1S/C17H19NO2/c1-4-13-5-7-14(8-6-13)18(3)15-9-10-16(17(19)20)12(2)11-15/h5-11H,4H2,1-3H3,(H,19,20). The Kier molecular flexibility index (Phi) is 4.08. The summed E-state index contributed by atoms with van der Waals surface area (Å²) in [5.74, 6) is -0.885. The van der Waals surface area contributed by atoms with Gasteiger partial charge < -0.3 is 10.0 Å². The lowest BCUT2D eigenvalue weighted by Gasteiger charge is -2.20. The molecule has 20 heavy (non-hydrogen) atoms. The summed E-state index contributed by atoms with van der Waals surface area (Å²) < 4.78 is 0. The summed E-state index contributed by atoms with van der Waals surface area (Å²) in [7, 11) is 1.98. The average molecular weight is 269 g/mol. The van der Waals surface area contributed by atoms with Gasteiger partial charge in [-0.25, -0.2) is 4.79 Å². The molecule has 0 fully saturated rings. The lowest BCUT2D eigenvalue weighted by atomic mass is 10.1. The van der Waals surface area contributed by atoms with Crippen LogP contribution in [0.5, 0.6) is 0 Å². The van der Waals surface area contributed by atoms with Gasteiger partial charge in [0.05, 0.1) is 5.56 Å². The maximum atomic E-state index is 11.0. The zero-order chi connectivity index (χ0) is 14.7. The largest absolute Gasteiger partial charge is 0.478 e. The van der Waals surface area contributed by atoms with Crippen LogP contribution in [0.15, 0.2) is 42.5 Å². The fraction of sp³-hybridized carbons (Fsp3) is 0.235. The molecule has 0 atom stereocenters. The number of hydrogen-bond donors (Lipinski definition) is 1. The van der Waals surface area contributed by atoms with Crippen LogP contribution in [-0.2, 0) is 6.42 Å². The number of nitrogens with zero attached hydrogens (tertiary/aromatic N) is 1. The lowest BCUT2D eigenvalue weighted by molar-refractivity contribution is 0.0696. The Morgan fingerprint density at radius 1 is 1.10 bits per heavy atom. The van der Waals surface area contributed by atoms with Crippen molar-refractivity contribution in [3.05, 3.63) is 59.2 Å². The van der Waals surface area contributed by atoms with Gasteiger partial charge in [-0.15, -0.1) is 0 Å². The molecular formula is C17H19NO2. The van der Waals surface area contributed by atoms with Crippen molar-refractivity contribution in [2.75, 3.05) is 11.9 Å². The molecule has 3 nitrogen and oxygen atoms in total. The molecule has 0 amide bonds. The lowest BCUT2D eigenvalue weighted by Crippen LogP contribution is -2.10. The first-order chi connectivity index (χ1) is 9.52. The van der Waals surface area contributed by atoms with Gasteiger partial charge in [0.25, 0.3) is 0 Å². The van der Waals surface area contributed by atoms with Crippen LogP contribution in [0, 0.1) is 6.92 Å². The Bertz CT molecular complexity index is 617. The van der Waals surface area contributed by atoms with E-state index < -0.39 is 5.97 Å². The van der Waals surface area contributed by atoms with Gasteiger partial charge in [-0.05, 0) is 54.8 Å². The van der Waals surface area contributed by atoms with E-state index in [0.29, 0.717) is 5.56 Å². The highest BCUT2D eigenvalue weighted by Gasteiger charge is 2.10. The van der Waals surface area contributed by atoms with Gasteiger partial charge >= 0.3 is 5.97 Å². The predicted octanol–water partition coefficient (Wildman–Crippen LogP) is 4.02. The Hall–Kier alpha value is -2.29. The Morgan fingerprint density at radius 3 is 2.20 bits per heavy atom. The minimum atomic E-state index is -0.885. The summed E-state index contributed by atoms with van der Waals surface area (Å²) in [6.07, 6.45) is 1.02. The van der Waals surface area contributed by atoms with E-state index in [4.69, 9.17) is 5.11 Å². The maximum absolute atomic E-state index is 11.0. The molecule has 0 saturated carbocycles. The van der Waals surface area contributed by atoms with Crippen molar-refractivity contribution in [3.8, 4) is 0 Å². The van der Waals surface area contributed by atoms with Gasteiger partial charge in [-0.1, -0.05) is 19.1 Å². The maximum Gasteiger partial charge on any atom is 0.335 e. The van der Waals surface area contributed by atoms with E-state index in [0.717, 1.165) is 23.4 Å². The van der Waals surface area contributed by atoms with Gasteiger partial charge in [-0.3, -0.25) is 0 Å². The molecule has 2 aromatic carbocycles. The van der Waals surface area contributed by atoms with Crippen molar-refractivity contribution in [2.45, 2.75) is 20.3 Å². The molecule has 0 aliphatic carbocycles. The van der Waals surface area contributed by atoms with Crippen LogP contribution in [0.3, 0.4) is 0 Å². The second-order valence-electron chi connectivity index (χ2n) is 4.88. The number of hydrogen-bond acceptors (Lipinski definition) is 2. The molecule has 0 bridgehead atoms. The number of rotatable bonds is 4. The second kappa shape index (κ2) is 5.78. The van der Waals surface area contributed by atoms with Crippen LogP contribution in [0.2, 0.25) is 0 Å². The Labute approximate surface area is 119 Å². The summed E-state index contributed by atoms with van der Waals surface area (Å²) in [6.45, 7) is 3.95. The summed E-state index contributed by atoms with van der Waals surface area (Å²) >= 11 is 0. The predicted molar refractivity (Wildman–Crippen MR) is 82.0 cm³/mol. The van der Waals surface area contributed by atoms with Crippen LogP contribution in [-0.4, -0.2) is 18.1 Å². The van der Waals surface area contributed by atoms with E-state index in [-0.39, 0.29) is 0 Å². The third kappa shape index (κ3) is 2.82. The van der Waals surface area contributed by atoms with E-state index in [9.17, 15) is 4.79 Å². The quantitative estimate of drug-likeness (QED) is 0.911. The normalized spacial score (nSPS) is 10.3. The first-order valence-corrected chi connectivity index (χ1v) is 6.69. The van der Waals surface area contributed by atoms with Crippen molar-refractivity contribution in [2.24, 2.45) is 0 Å². The van der Waals surface area contributed by atoms with E-state index in [1.54, 1.807) is 6.07 Å². The number of aryl methyl sites for hydroxylation is 2. The van der Waals surface area contributed by atoms with E-state index in [1.807, 2.05) is 26.1 Å². The molecule has 104 valence electrons. The zero-order valence-corrected chi connectivity index (χ0v) is 12.1. The average Bonchev–Trinajstić information content (AvgIpc) is 2.46. The van der Waals surface area contributed by atoms with Crippen molar-refractivity contribution in [1.29, 1.82) is 0 Å². The summed E-state index contributed by atoms with van der Waals surface area (Å²) in [4.78, 5) is 13.1. The molecule has 0 unspecified atom stereocenters. The molecule has 0 aliphatic rings. The second-order valence-corrected chi connectivity index (χ2v) is 4.88. The third-order valence-corrected chi connectivity index (χ3v) is 3.56. The summed E-state index contributed by atoms with van der Waals surface area (Å²) in [5.41, 5.74) is 4.50. The van der Waals surface area contributed by atoms with Gasteiger partial charge in [0.1, 0.15) is 0 Å². The molecule has 2 aromatic rings. The molecular weight excluding hydrogens is 250 g/mol. The van der Waals surface area contributed by atoms with Crippen molar-refractivity contribution < 1.29 is 9.90 Å². The molecule has 3 heteroatoms. The minimum Gasteiger partial charge on any atom is -0.478 e.